The van der Waals surface area contributed by atoms with Gasteiger partial charge in [0.2, 0.25) is 0 Å². The van der Waals surface area contributed by atoms with Crippen LogP contribution in [0.4, 0.5) is 0 Å². The molecule has 0 saturated carbocycles. The average molecular weight is 361 g/mol. The van der Waals surface area contributed by atoms with E-state index < -0.39 is 5.97 Å². The highest BCUT2D eigenvalue weighted by atomic mass is 79.9. The maximum Gasteiger partial charge on any atom is 0.335 e. The number of rotatable bonds is 3. The zero-order valence-electron chi connectivity index (χ0n) is 10.7. The van der Waals surface area contributed by atoms with Crippen LogP contribution in [0.2, 0.25) is 0 Å². The molecule has 0 saturated heterocycles. The van der Waals surface area contributed by atoms with E-state index in [0.717, 1.165) is 26.3 Å². The van der Waals surface area contributed by atoms with E-state index in [1.54, 1.807) is 36.7 Å². The smallest absolute Gasteiger partial charge is 0.335 e. The summed E-state index contributed by atoms with van der Waals surface area (Å²) in [6.45, 7) is 0. The molecule has 0 aliphatic rings. The van der Waals surface area contributed by atoms with Crippen molar-refractivity contribution in [3.8, 4) is 21.8 Å². The second kappa shape index (κ2) is 5.75. The minimum absolute atomic E-state index is 0.269. The maximum absolute atomic E-state index is 10.8. The van der Waals surface area contributed by atoms with Crippen LogP contribution in [-0.2, 0) is 0 Å². The third-order valence-electron chi connectivity index (χ3n) is 2.88. The highest BCUT2D eigenvalue weighted by Crippen LogP contribution is 2.29. The number of nitrogens with zero attached hydrogens (tertiary/aromatic N) is 2. The number of aromatic nitrogens is 2. The van der Waals surface area contributed by atoms with Gasteiger partial charge in [0.25, 0.3) is 0 Å². The van der Waals surface area contributed by atoms with Gasteiger partial charge in [-0.2, -0.15) is 0 Å². The highest BCUT2D eigenvalue weighted by molar-refractivity contribution is 9.10. The molecule has 3 aromatic rings. The summed E-state index contributed by atoms with van der Waals surface area (Å²) in [6.07, 6.45) is 3.49. The summed E-state index contributed by atoms with van der Waals surface area (Å²) in [4.78, 5) is 19.5. The van der Waals surface area contributed by atoms with Crippen LogP contribution in [0, 0.1) is 0 Å². The van der Waals surface area contributed by atoms with Crippen LogP contribution in [0.15, 0.2) is 52.6 Å². The fourth-order valence-corrected chi connectivity index (χ4v) is 3.03. The SMILES string of the molecule is O=C(O)c1ccc(-c2csc(-c3cncc(Br)c3)n2)cc1. The van der Waals surface area contributed by atoms with Gasteiger partial charge in [-0.3, -0.25) is 4.98 Å². The molecule has 0 amide bonds. The molecule has 2 heterocycles. The zero-order valence-corrected chi connectivity index (χ0v) is 13.1. The number of halogens is 1. The molecule has 6 heteroatoms. The Balaban J connectivity index is 1.93. The van der Waals surface area contributed by atoms with E-state index in [-0.39, 0.29) is 5.56 Å². The van der Waals surface area contributed by atoms with Crippen molar-refractivity contribution in [3.05, 3.63) is 58.1 Å². The summed E-state index contributed by atoms with van der Waals surface area (Å²) < 4.78 is 0.905. The van der Waals surface area contributed by atoms with Crippen LogP contribution in [0.1, 0.15) is 10.4 Å². The van der Waals surface area contributed by atoms with Gasteiger partial charge >= 0.3 is 5.97 Å². The minimum Gasteiger partial charge on any atom is -0.478 e. The minimum atomic E-state index is -0.930. The zero-order chi connectivity index (χ0) is 14.8. The molecule has 1 aromatic carbocycles. The van der Waals surface area contributed by atoms with Gasteiger partial charge in [-0.1, -0.05) is 12.1 Å². The third-order valence-corrected chi connectivity index (χ3v) is 4.21. The molecule has 0 aliphatic carbocycles. The molecule has 0 bridgehead atoms. The van der Waals surface area contributed by atoms with E-state index in [2.05, 4.69) is 25.9 Å². The van der Waals surface area contributed by atoms with Crippen LogP contribution in [0.5, 0.6) is 0 Å². The molecule has 0 radical (unpaired) electrons. The summed E-state index contributed by atoms with van der Waals surface area (Å²) in [5.41, 5.74) is 2.94. The van der Waals surface area contributed by atoms with E-state index in [4.69, 9.17) is 5.11 Å². The first kappa shape index (κ1) is 13.9. The molecular weight excluding hydrogens is 352 g/mol. The molecule has 3 rings (SSSR count). The van der Waals surface area contributed by atoms with Crippen LogP contribution < -0.4 is 0 Å². The molecule has 104 valence electrons. The molecule has 21 heavy (non-hydrogen) atoms. The lowest BCUT2D eigenvalue weighted by Gasteiger charge is -1.98. The quantitative estimate of drug-likeness (QED) is 0.754. The fraction of sp³-hybridized carbons (Fsp3) is 0. The summed E-state index contributed by atoms with van der Waals surface area (Å²) >= 11 is 4.92. The van der Waals surface area contributed by atoms with E-state index in [1.807, 2.05) is 11.4 Å². The van der Waals surface area contributed by atoms with Crippen molar-refractivity contribution in [2.24, 2.45) is 0 Å². The van der Waals surface area contributed by atoms with Crippen LogP contribution in [-0.4, -0.2) is 21.0 Å². The lowest BCUT2D eigenvalue weighted by atomic mass is 10.1. The van der Waals surface area contributed by atoms with Crippen molar-refractivity contribution in [3.63, 3.8) is 0 Å². The second-order valence-electron chi connectivity index (χ2n) is 4.31. The number of thiazole rings is 1. The van der Waals surface area contributed by atoms with Gasteiger partial charge in [-0.05, 0) is 34.1 Å². The van der Waals surface area contributed by atoms with Crippen LogP contribution >= 0.6 is 27.3 Å². The molecule has 0 aliphatic heterocycles. The number of aromatic carboxylic acids is 1. The molecule has 0 unspecified atom stereocenters. The molecule has 2 aromatic heterocycles. The van der Waals surface area contributed by atoms with Gasteiger partial charge < -0.3 is 5.11 Å². The Kier molecular flexibility index (Phi) is 3.81. The van der Waals surface area contributed by atoms with E-state index in [0.29, 0.717) is 0 Å². The topological polar surface area (TPSA) is 63.1 Å². The molecule has 1 N–H and O–H groups in total. The first-order chi connectivity index (χ1) is 10.1. The van der Waals surface area contributed by atoms with Gasteiger partial charge in [-0.25, -0.2) is 9.78 Å². The molecule has 0 fully saturated rings. The molecule has 0 spiro atoms. The van der Waals surface area contributed by atoms with E-state index >= 15 is 0 Å². The Morgan fingerprint density at radius 1 is 1.14 bits per heavy atom. The first-order valence-electron chi connectivity index (χ1n) is 6.03. The molecular formula is C15H9BrN2O2S. The number of benzene rings is 1. The van der Waals surface area contributed by atoms with Crippen molar-refractivity contribution in [1.82, 2.24) is 9.97 Å². The maximum atomic E-state index is 10.8. The van der Waals surface area contributed by atoms with Gasteiger partial charge in [0, 0.05) is 33.4 Å². The Labute approximate surface area is 133 Å². The summed E-state index contributed by atoms with van der Waals surface area (Å²) in [7, 11) is 0. The van der Waals surface area contributed by atoms with Crippen molar-refractivity contribution < 1.29 is 9.90 Å². The Hall–Kier alpha value is -2.05. The first-order valence-corrected chi connectivity index (χ1v) is 7.71. The van der Waals surface area contributed by atoms with Gasteiger partial charge in [0.15, 0.2) is 0 Å². The third kappa shape index (κ3) is 3.01. The number of carboxylic acids is 1. The van der Waals surface area contributed by atoms with Crippen LogP contribution in [0.3, 0.4) is 0 Å². The Bertz CT molecular complexity index is 799. The van der Waals surface area contributed by atoms with E-state index in [1.165, 1.54) is 11.3 Å². The number of hydrogen-bond donors (Lipinski definition) is 1. The predicted octanol–water partition coefficient (Wildman–Crippen LogP) is 4.33. The number of carbonyl (C=O) groups is 1. The largest absolute Gasteiger partial charge is 0.478 e. The normalized spacial score (nSPS) is 10.5. The summed E-state index contributed by atoms with van der Waals surface area (Å²) in [6, 6.07) is 8.65. The van der Waals surface area contributed by atoms with Crippen molar-refractivity contribution in [1.29, 1.82) is 0 Å². The Morgan fingerprint density at radius 2 is 1.90 bits per heavy atom. The summed E-state index contributed by atoms with van der Waals surface area (Å²) in [5, 5.41) is 11.7. The van der Waals surface area contributed by atoms with E-state index in [9.17, 15) is 4.79 Å². The standard InChI is InChI=1S/C15H9BrN2O2S/c16-12-5-11(6-17-7-12)14-18-13(8-21-14)9-1-3-10(4-2-9)15(19)20/h1-8H,(H,19,20). The molecule has 0 atom stereocenters. The number of hydrogen-bond acceptors (Lipinski definition) is 4. The second-order valence-corrected chi connectivity index (χ2v) is 6.09. The number of pyridine rings is 1. The van der Waals surface area contributed by atoms with Gasteiger partial charge in [-0.15, -0.1) is 11.3 Å². The summed E-state index contributed by atoms with van der Waals surface area (Å²) in [5.74, 6) is -0.930. The lowest BCUT2D eigenvalue weighted by molar-refractivity contribution is 0.0697. The van der Waals surface area contributed by atoms with Crippen molar-refractivity contribution in [2.75, 3.05) is 0 Å². The van der Waals surface area contributed by atoms with Crippen LogP contribution in [0.25, 0.3) is 21.8 Å². The molecule has 4 nitrogen and oxygen atoms in total. The highest BCUT2D eigenvalue weighted by Gasteiger charge is 2.08. The van der Waals surface area contributed by atoms with Gasteiger partial charge in [0.1, 0.15) is 5.01 Å². The Morgan fingerprint density at radius 3 is 2.57 bits per heavy atom. The fourth-order valence-electron chi connectivity index (χ4n) is 1.85. The average Bonchev–Trinajstić information content (AvgIpc) is 2.97. The van der Waals surface area contributed by atoms with Crippen molar-refractivity contribution in [2.45, 2.75) is 0 Å². The predicted molar refractivity (Wildman–Crippen MR) is 85.4 cm³/mol. The van der Waals surface area contributed by atoms with Crippen molar-refractivity contribution >= 4 is 33.2 Å². The number of carboxylic acid groups (broad SMARTS) is 1. The monoisotopic (exact) mass is 360 g/mol. The lowest BCUT2D eigenvalue weighted by Crippen LogP contribution is -1.94. The van der Waals surface area contributed by atoms with Gasteiger partial charge in [0.05, 0.1) is 11.3 Å².